The minimum Gasteiger partial charge on any atom is -0.491 e. The largest absolute Gasteiger partial charge is 0.491 e. The predicted molar refractivity (Wildman–Crippen MR) is 106 cm³/mol. The summed E-state index contributed by atoms with van der Waals surface area (Å²) in [6, 6.07) is 6.19. The van der Waals surface area contributed by atoms with Crippen molar-refractivity contribution in [2.45, 2.75) is 39.8 Å². The zero-order chi connectivity index (χ0) is 19.0. The van der Waals surface area contributed by atoms with Gasteiger partial charge in [-0.15, -0.1) is 0 Å². The summed E-state index contributed by atoms with van der Waals surface area (Å²) in [5.41, 5.74) is 1.21. The Hall–Kier alpha value is -0.850. The molecule has 1 aromatic rings. The summed E-state index contributed by atoms with van der Waals surface area (Å²) in [5.74, 6) is 0.728. The van der Waals surface area contributed by atoms with E-state index in [1.807, 2.05) is 18.2 Å². The van der Waals surface area contributed by atoms with Crippen molar-refractivity contribution in [1.29, 1.82) is 0 Å². The van der Waals surface area contributed by atoms with Crippen molar-refractivity contribution >= 4 is 11.6 Å². The molecule has 1 atom stereocenters. The van der Waals surface area contributed by atoms with Crippen molar-refractivity contribution in [3.05, 3.63) is 28.8 Å². The molecule has 26 heavy (non-hydrogen) atoms. The second-order valence-electron chi connectivity index (χ2n) is 7.88. The van der Waals surface area contributed by atoms with Crippen LogP contribution in [-0.4, -0.2) is 62.1 Å². The quantitative estimate of drug-likeness (QED) is 0.685. The predicted octanol–water partition coefficient (Wildman–Crippen LogP) is 2.94. The molecular formula is C20H33ClN2O3. The molecule has 5 nitrogen and oxygen atoms in total. The van der Waals surface area contributed by atoms with Gasteiger partial charge in [-0.1, -0.05) is 38.4 Å². The zero-order valence-corrected chi connectivity index (χ0v) is 17.0. The number of nitrogens with one attached hydrogen (secondary N) is 1. The highest BCUT2D eigenvalue weighted by molar-refractivity contribution is 6.32. The standard InChI is InChI=1S/C20H33ClN2O3/c1-20(2,3)19(6-10-24)22-15-16-4-5-18(17(21)14-16)26-13-9-23-7-11-25-12-8-23/h4-5,14,19,22,24H,6-13,15H2,1-3H3. The fraction of sp³-hybridized carbons (Fsp3) is 0.700. The van der Waals surface area contributed by atoms with E-state index < -0.39 is 0 Å². The van der Waals surface area contributed by atoms with Gasteiger partial charge in [0.25, 0.3) is 0 Å². The number of morpholine rings is 1. The molecule has 0 aromatic heterocycles. The van der Waals surface area contributed by atoms with Crippen molar-refractivity contribution < 1.29 is 14.6 Å². The van der Waals surface area contributed by atoms with Crippen LogP contribution < -0.4 is 10.1 Å². The van der Waals surface area contributed by atoms with Gasteiger partial charge in [-0.25, -0.2) is 0 Å². The van der Waals surface area contributed by atoms with E-state index in [9.17, 15) is 5.11 Å². The van der Waals surface area contributed by atoms with Gasteiger partial charge in [0, 0.05) is 38.8 Å². The van der Waals surface area contributed by atoms with Crippen LogP contribution in [0, 0.1) is 5.41 Å². The maximum Gasteiger partial charge on any atom is 0.137 e. The van der Waals surface area contributed by atoms with Crippen molar-refractivity contribution in [3.63, 3.8) is 0 Å². The van der Waals surface area contributed by atoms with E-state index in [1.165, 1.54) is 0 Å². The van der Waals surface area contributed by atoms with Crippen molar-refractivity contribution in [2.75, 3.05) is 46.1 Å². The molecule has 2 N–H and O–H groups in total. The smallest absolute Gasteiger partial charge is 0.137 e. The van der Waals surface area contributed by atoms with Crippen molar-refractivity contribution in [2.24, 2.45) is 5.41 Å². The normalized spacial score (nSPS) is 17.3. The van der Waals surface area contributed by atoms with Crippen LogP contribution in [0.1, 0.15) is 32.8 Å². The van der Waals surface area contributed by atoms with Crippen LogP contribution in [0.2, 0.25) is 5.02 Å². The lowest BCUT2D eigenvalue weighted by Crippen LogP contribution is -2.40. The average Bonchev–Trinajstić information content (AvgIpc) is 2.60. The Bertz CT molecular complexity index is 542. The number of aliphatic hydroxyl groups is 1. The summed E-state index contributed by atoms with van der Waals surface area (Å²) < 4.78 is 11.2. The van der Waals surface area contributed by atoms with E-state index >= 15 is 0 Å². The Kier molecular flexibility index (Phi) is 8.64. The van der Waals surface area contributed by atoms with Gasteiger partial charge in [-0.2, -0.15) is 0 Å². The molecule has 0 spiro atoms. The second-order valence-corrected chi connectivity index (χ2v) is 8.29. The highest BCUT2D eigenvalue weighted by Gasteiger charge is 2.23. The van der Waals surface area contributed by atoms with Crippen LogP contribution in [0.3, 0.4) is 0 Å². The number of nitrogens with zero attached hydrogens (tertiary/aromatic N) is 1. The average molecular weight is 385 g/mol. The third-order valence-electron chi connectivity index (χ3n) is 4.78. The topological polar surface area (TPSA) is 54.0 Å². The van der Waals surface area contributed by atoms with E-state index in [4.69, 9.17) is 21.1 Å². The van der Waals surface area contributed by atoms with Crippen LogP contribution in [0.5, 0.6) is 5.75 Å². The molecule has 1 aromatic carbocycles. The minimum atomic E-state index is 0.0923. The number of rotatable bonds is 9. The van der Waals surface area contributed by atoms with Crippen molar-refractivity contribution in [1.82, 2.24) is 10.2 Å². The molecule has 0 aliphatic carbocycles. The molecule has 1 saturated heterocycles. The first kappa shape index (κ1) is 21.5. The Balaban J connectivity index is 1.82. The molecule has 2 rings (SSSR count). The van der Waals surface area contributed by atoms with Gasteiger partial charge in [0.2, 0.25) is 0 Å². The number of hydrogen-bond donors (Lipinski definition) is 2. The minimum absolute atomic E-state index is 0.0923. The molecule has 0 bridgehead atoms. The number of hydrogen-bond acceptors (Lipinski definition) is 5. The van der Waals surface area contributed by atoms with Crippen LogP contribution in [0.25, 0.3) is 0 Å². The molecule has 1 unspecified atom stereocenters. The Labute approximate surface area is 162 Å². The number of benzene rings is 1. The van der Waals surface area contributed by atoms with E-state index in [1.54, 1.807) is 0 Å². The van der Waals surface area contributed by atoms with E-state index in [0.717, 1.165) is 57.1 Å². The van der Waals surface area contributed by atoms with Gasteiger partial charge in [0.1, 0.15) is 12.4 Å². The molecule has 0 amide bonds. The monoisotopic (exact) mass is 384 g/mol. The highest BCUT2D eigenvalue weighted by Crippen LogP contribution is 2.26. The fourth-order valence-corrected chi connectivity index (χ4v) is 3.35. The van der Waals surface area contributed by atoms with Gasteiger partial charge in [-0.3, -0.25) is 4.90 Å². The SMILES string of the molecule is CC(C)(C)C(CCO)NCc1ccc(OCCN2CCOCC2)c(Cl)c1. The van der Waals surface area contributed by atoms with Gasteiger partial charge in [0.05, 0.1) is 18.2 Å². The van der Waals surface area contributed by atoms with Gasteiger partial charge < -0.3 is 19.9 Å². The molecule has 6 heteroatoms. The first-order valence-electron chi connectivity index (χ1n) is 9.45. The summed E-state index contributed by atoms with van der Waals surface area (Å²) in [6.45, 7) is 12.5. The summed E-state index contributed by atoms with van der Waals surface area (Å²) in [4.78, 5) is 2.34. The first-order valence-corrected chi connectivity index (χ1v) is 9.83. The lowest BCUT2D eigenvalue weighted by Gasteiger charge is -2.31. The summed E-state index contributed by atoms with van der Waals surface area (Å²) in [6.07, 6.45) is 0.736. The van der Waals surface area contributed by atoms with Crippen molar-refractivity contribution in [3.8, 4) is 5.75 Å². The molecule has 1 fully saturated rings. The van der Waals surface area contributed by atoms with Crippen LogP contribution >= 0.6 is 11.6 Å². The number of ether oxygens (including phenoxy) is 2. The summed E-state index contributed by atoms with van der Waals surface area (Å²) in [7, 11) is 0. The van der Waals surface area contributed by atoms with Gasteiger partial charge in [-0.05, 0) is 29.5 Å². The Morgan fingerprint density at radius 2 is 2.04 bits per heavy atom. The van der Waals surface area contributed by atoms with E-state index in [2.05, 4.69) is 31.0 Å². The third kappa shape index (κ3) is 7.05. The maximum atomic E-state index is 9.27. The van der Waals surface area contributed by atoms with Crippen LogP contribution in [0.15, 0.2) is 18.2 Å². The maximum absolute atomic E-state index is 9.27. The molecule has 1 heterocycles. The van der Waals surface area contributed by atoms with Crippen LogP contribution in [0.4, 0.5) is 0 Å². The van der Waals surface area contributed by atoms with Gasteiger partial charge in [0.15, 0.2) is 0 Å². The lowest BCUT2D eigenvalue weighted by molar-refractivity contribution is 0.0322. The highest BCUT2D eigenvalue weighted by atomic mass is 35.5. The first-order chi connectivity index (χ1) is 12.4. The third-order valence-corrected chi connectivity index (χ3v) is 5.08. The van der Waals surface area contributed by atoms with Gasteiger partial charge >= 0.3 is 0 Å². The fourth-order valence-electron chi connectivity index (χ4n) is 3.09. The molecule has 1 aliphatic heterocycles. The zero-order valence-electron chi connectivity index (χ0n) is 16.3. The Morgan fingerprint density at radius 1 is 1.31 bits per heavy atom. The summed E-state index contributed by atoms with van der Waals surface area (Å²) in [5, 5.41) is 13.4. The molecular weight excluding hydrogens is 352 g/mol. The molecule has 0 radical (unpaired) electrons. The van der Waals surface area contributed by atoms with Crippen LogP contribution in [-0.2, 0) is 11.3 Å². The Morgan fingerprint density at radius 3 is 2.65 bits per heavy atom. The lowest BCUT2D eigenvalue weighted by atomic mass is 9.85. The van der Waals surface area contributed by atoms with E-state index in [0.29, 0.717) is 11.6 Å². The number of aliphatic hydroxyl groups excluding tert-OH is 1. The number of halogens is 1. The molecule has 0 saturated carbocycles. The molecule has 148 valence electrons. The molecule has 1 aliphatic rings. The van der Waals surface area contributed by atoms with E-state index in [-0.39, 0.29) is 18.1 Å². The second kappa shape index (κ2) is 10.5. The summed E-state index contributed by atoms with van der Waals surface area (Å²) >= 11 is 6.39.